The summed E-state index contributed by atoms with van der Waals surface area (Å²) in [6.45, 7) is 20.7. The molecule has 244 valence electrons. The van der Waals surface area contributed by atoms with Gasteiger partial charge in [0.15, 0.2) is 23.3 Å². The molecule has 4 amide bonds. The van der Waals surface area contributed by atoms with E-state index in [4.69, 9.17) is 0 Å². The van der Waals surface area contributed by atoms with Crippen LogP contribution in [0.15, 0.2) is 43.0 Å². The minimum atomic E-state index is -0.342. The Labute approximate surface area is 267 Å². The van der Waals surface area contributed by atoms with Crippen LogP contribution in [0.5, 0.6) is 0 Å². The summed E-state index contributed by atoms with van der Waals surface area (Å²) in [7, 11) is 0. The van der Waals surface area contributed by atoms with Crippen LogP contribution in [0, 0.1) is 30.6 Å². The molecule has 45 heavy (non-hydrogen) atoms. The van der Waals surface area contributed by atoms with E-state index >= 15 is 0 Å². The fraction of sp³-hybridized carbons (Fsp3) is 0.515. The van der Waals surface area contributed by atoms with Crippen molar-refractivity contribution in [3.63, 3.8) is 0 Å². The average Bonchev–Trinajstić information content (AvgIpc) is 2.98. The van der Waals surface area contributed by atoms with Gasteiger partial charge in [0, 0.05) is 62.3 Å². The predicted octanol–water partition coefficient (Wildman–Crippen LogP) is 7.10. The molecule has 4 N–H and O–H groups in total. The summed E-state index contributed by atoms with van der Waals surface area (Å²) in [5, 5.41) is 12.7. The van der Waals surface area contributed by atoms with Gasteiger partial charge < -0.3 is 21.3 Å². The van der Waals surface area contributed by atoms with Gasteiger partial charge in [-0.25, -0.2) is 29.5 Å². The van der Waals surface area contributed by atoms with E-state index in [0.717, 1.165) is 0 Å². The van der Waals surface area contributed by atoms with Gasteiger partial charge in [-0.1, -0.05) is 61.5 Å². The first kappa shape index (κ1) is 35.0. The van der Waals surface area contributed by atoms with Crippen molar-refractivity contribution >= 4 is 46.7 Å². The molecular weight excluding hydrogens is 568 g/mol. The van der Waals surface area contributed by atoms with Crippen molar-refractivity contribution in [2.45, 2.75) is 62.3 Å². The Hall–Kier alpha value is -4.48. The highest BCUT2D eigenvalue weighted by molar-refractivity contribution is 6.05. The molecular formula is C33H50N10O2. The molecule has 0 radical (unpaired) electrons. The second kappa shape index (κ2) is 16.6. The van der Waals surface area contributed by atoms with Gasteiger partial charge in [0.05, 0.1) is 0 Å². The van der Waals surface area contributed by atoms with Crippen molar-refractivity contribution in [2.75, 3.05) is 57.2 Å². The lowest BCUT2D eigenvalue weighted by atomic mass is 10.1. The summed E-state index contributed by atoms with van der Waals surface area (Å²) >= 11 is 0. The molecule has 0 fully saturated rings. The van der Waals surface area contributed by atoms with Crippen molar-refractivity contribution < 1.29 is 9.59 Å². The maximum atomic E-state index is 13.8. The van der Waals surface area contributed by atoms with Gasteiger partial charge in [-0.15, -0.1) is 0 Å². The van der Waals surface area contributed by atoms with Gasteiger partial charge in [-0.2, -0.15) is 0 Å². The van der Waals surface area contributed by atoms with Crippen molar-refractivity contribution in [1.82, 2.24) is 19.9 Å². The van der Waals surface area contributed by atoms with E-state index < -0.39 is 0 Å². The van der Waals surface area contributed by atoms with Crippen LogP contribution in [0.3, 0.4) is 0 Å². The van der Waals surface area contributed by atoms with Gasteiger partial charge in [0.1, 0.15) is 0 Å². The Morgan fingerprint density at radius 2 is 1.00 bits per heavy atom. The Morgan fingerprint density at radius 1 is 0.622 bits per heavy atom. The number of aromatic nitrogens is 4. The predicted molar refractivity (Wildman–Crippen MR) is 184 cm³/mol. The van der Waals surface area contributed by atoms with Crippen LogP contribution in [-0.4, -0.2) is 58.2 Å². The maximum absolute atomic E-state index is 13.8. The van der Waals surface area contributed by atoms with Crippen LogP contribution in [-0.2, 0) is 0 Å². The molecule has 2 aromatic heterocycles. The first-order valence-corrected chi connectivity index (χ1v) is 15.7. The van der Waals surface area contributed by atoms with Gasteiger partial charge in [0.2, 0.25) is 0 Å². The number of nitrogens with one attached hydrogen (secondary N) is 4. The zero-order valence-electron chi connectivity index (χ0n) is 28.2. The smallest absolute Gasteiger partial charge is 0.327 e. The Morgan fingerprint density at radius 3 is 1.36 bits per heavy atom. The normalized spacial score (nSPS) is 11.2. The van der Waals surface area contributed by atoms with Crippen molar-refractivity contribution in [3.8, 4) is 0 Å². The lowest BCUT2D eigenvalue weighted by Crippen LogP contribution is -2.40. The number of rotatable bonds is 14. The van der Waals surface area contributed by atoms with Crippen LogP contribution < -0.4 is 31.1 Å². The molecule has 0 bridgehead atoms. The van der Waals surface area contributed by atoms with E-state index in [1.807, 2.05) is 46.8 Å². The fourth-order valence-electron chi connectivity index (χ4n) is 4.44. The SMILES string of the molecule is Cc1c(NC(=O)N(CC(C)C)c2nccnc2NCC(C)C)cccc1NC(=O)N(CC(C)C)c1nccnc1NCC(C)C. The number of nitrogens with zero attached hydrogens (tertiary/aromatic N) is 6. The minimum absolute atomic E-state index is 0.176. The summed E-state index contributed by atoms with van der Waals surface area (Å²) in [5.41, 5.74) is 1.85. The van der Waals surface area contributed by atoms with Gasteiger partial charge in [-0.3, -0.25) is 9.80 Å². The van der Waals surface area contributed by atoms with Crippen LogP contribution in [0.1, 0.15) is 61.0 Å². The maximum Gasteiger partial charge on any atom is 0.327 e. The summed E-state index contributed by atoms with van der Waals surface area (Å²) in [4.78, 5) is 48.7. The van der Waals surface area contributed by atoms with Gasteiger partial charge in [-0.05, 0) is 48.3 Å². The Kier molecular flexibility index (Phi) is 12.9. The molecule has 12 heteroatoms. The lowest BCUT2D eigenvalue weighted by Gasteiger charge is -2.27. The Balaban J connectivity index is 1.88. The zero-order chi connectivity index (χ0) is 33.1. The summed E-state index contributed by atoms with van der Waals surface area (Å²) in [6.07, 6.45) is 6.39. The van der Waals surface area contributed by atoms with E-state index in [9.17, 15) is 9.59 Å². The van der Waals surface area contributed by atoms with E-state index in [2.05, 4.69) is 68.9 Å². The van der Waals surface area contributed by atoms with Crippen molar-refractivity contribution in [3.05, 3.63) is 48.5 Å². The summed E-state index contributed by atoms with van der Waals surface area (Å²) in [6, 6.07) is 4.74. The second-order valence-electron chi connectivity index (χ2n) is 12.9. The fourth-order valence-corrected chi connectivity index (χ4v) is 4.44. The number of hydrogen-bond donors (Lipinski definition) is 4. The van der Waals surface area contributed by atoms with Gasteiger partial charge >= 0.3 is 12.1 Å². The molecule has 12 nitrogen and oxygen atoms in total. The number of carbonyl (C=O) groups is 2. The largest absolute Gasteiger partial charge is 0.367 e. The number of urea groups is 2. The third-order valence-corrected chi connectivity index (χ3v) is 6.63. The highest BCUT2D eigenvalue weighted by Crippen LogP contribution is 2.28. The van der Waals surface area contributed by atoms with E-state index in [1.165, 1.54) is 0 Å². The van der Waals surface area contributed by atoms with E-state index in [1.54, 1.807) is 40.7 Å². The Bertz CT molecular complexity index is 1310. The lowest BCUT2D eigenvalue weighted by molar-refractivity contribution is 0.255. The van der Waals surface area contributed by atoms with Gasteiger partial charge in [0.25, 0.3) is 0 Å². The molecule has 0 aliphatic carbocycles. The number of hydrogen-bond acceptors (Lipinski definition) is 8. The highest BCUT2D eigenvalue weighted by Gasteiger charge is 2.25. The van der Waals surface area contributed by atoms with Crippen LogP contribution in [0.4, 0.5) is 44.2 Å². The summed E-state index contributed by atoms with van der Waals surface area (Å²) < 4.78 is 0. The number of amides is 4. The standard InChI is InChI=1S/C33H50N10O2/c1-21(2)17-38-28-30(36-15-13-34-28)42(19-23(5)6)32(44)40-26-11-10-12-27(25(26)9)41-33(45)43(20-24(7)8)31-29(35-14-16-37-31)39-18-22(3)4/h10-16,21-24H,17-20H2,1-9H3,(H,34,38)(H,35,39)(H,40,44)(H,41,45). The van der Waals surface area contributed by atoms with Crippen molar-refractivity contribution in [1.29, 1.82) is 0 Å². The molecule has 0 aliphatic heterocycles. The van der Waals surface area contributed by atoms with E-state index in [0.29, 0.717) is 78.2 Å². The van der Waals surface area contributed by atoms with Crippen molar-refractivity contribution in [2.24, 2.45) is 23.7 Å². The molecule has 2 heterocycles. The van der Waals surface area contributed by atoms with Crippen LogP contribution in [0.25, 0.3) is 0 Å². The third kappa shape index (κ3) is 10.3. The molecule has 0 aliphatic rings. The highest BCUT2D eigenvalue weighted by atomic mass is 16.2. The molecule has 3 rings (SSSR count). The first-order valence-electron chi connectivity index (χ1n) is 15.7. The number of carbonyl (C=O) groups excluding carboxylic acids is 2. The molecule has 0 saturated carbocycles. The molecule has 0 unspecified atom stereocenters. The number of benzene rings is 1. The first-order chi connectivity index (χ1) is 21.4. The van der Waals surface area contributed by atoms with E-state index in [-0.39, 0.29) is 23.9 Å². The average molecular weight is 619 g/mol. The molecule has 0 atom stereocenters. The number of anilines is 6. The molecule has 0 saturated heterocycles. The monoisotopic (exact) mass is 618 g/mol. The van der Waals surface area contributed by atoms with Crippen LogP contribution in [0.2, 0.25) is 0 Å². The third-order valence-electron chi connectivity index (χ3n) is 6.63. The topological polar surface area (TPSA) is 140 Å². The molecule has 0 spiro atoms. The second-order valence-corrected chi connectivity index (χ2v) is 12.9. The minimum Gasteiger partial charge on any atom is -0.367 e. The quantitative estimate of drug-likeness (QED) is 0.150. The molecule has 3 aromatic rings. The zero-order valence-corrected chi connectivity index (χ0v) is 28.2. The summed E-state index contributed by atoms with van der Waals surface area (Å²) in [5.74, 6) is 3.16. The van der Waals surface area contributed by atoms with Crippen LogP contribution >= 0.6 is 0 Å². The molecule has 1 aromatic carbocycles.